The predicted molar refractivity (Wildman–Crippen MR) is 219 cm³/mol. The van der Waals surface area contributed by atoms with Crippen LogP contribution in [0.5, 0.6) is 0 Å². The van der Waals surface area contributed by atoms with Gasteiger partial charge in [-0.05, 0) is 53.2 Å². The summed E-state index contributed by atoms with van der Waals surface area (Å²) in [7, 11) is -8.96. The van der Waals surface area contributed by atoms with Gasteiger partial charge in [-0.25, -0.2) is 0 Å². The molecule has 8 heteroatoms. The molecule has 1 aliphatic rings. The maximum absolute atomic E-state index is 7.67. The molecule has 52 heavy (non-hydrogen) atoms. The summed E-state index contributed by atoms with van der Waals surface area (Å²) >= 11 is 0. The lowest BCUT2D eigenvalue weighted by molar-refractivity contribution is 0.288. The molecule has 0 radical (unpaired) electrons. The van der Waals surface area contributed by atoms with Crippen LogP contribution < -0.4 is 31.7 Å². The summed E-state index contributed by atoms with van der Waals surface area (Å²) in [6.45, 7) is 0. The molecule has 0 amide bonds. The van der Waals surface area contributed by atoms with E-state index in [9.17, 15) is 0 Å². The molecule has 0 unspecified atom stereocenters. The van der Waals surface area contributed by atoms with E-state index in [4.69, 9.17) is 17.4 Å². The van der Waals surface area contributed by atoms with Crippen molar-refractivity contribution in [3.8, 4) is 0 Å². The van der Waals surface area contributed by atoms with Gasteiger partial charge in [0.25, 0.3) is 0 Å². The first kappa shape index (κ1) is 32.6. The smallest absolute Gasteiger partial charge is 0.423 e. The second-order valence-electron chi connectivity index (χ2n) is 13.0. The van der Waals surface area contributed by atoms with Crippen LogP contribution in [0.1, 0.15) is 0 Å². The molecule has 8 aromatic rings. The van der Waals surface area contributed by atoms with Crippen molar-refractivity contribution in [1.82, 2.24) is 0 Å². The SMILES string of the molecule is c1ccc([Si]2(c3ccccc3)OB(c3ccc4ccccc4c3)O[Si](c3ccccc3)(c3ccccc3)OB(c3ccc4ccccc4c3)O2)cc1. The average Bonchev–Trinajstić information content (AvgIpc) is 3.22. The maximum Gasteiger partial charge on any atom is 0.476 e. The first-order valence-corrected chi connectivity index (χ1v) is 21.2. The normalized spacial score (nSPS) is 15.6. The molecule has 9 rings (SSSR count). The zero-order valence-corrected chi connectivity index (χ0v) is 30.4. The summed E-state index contributed by atoms with van der Waals surface area (Å²) in [4.78, 5) is 0. The van der Waals surface area contributed by atoms with E-state index in [1.807, 2.05) is 72.8 Å². The lowest BCUT2D eigenvalue weighted by atomic mass is 9.79. The van der Waals surface area contributed by atoms with Crippen LogP contribution in [0.4, 0.5) is 0 Å². The van der Waals surface area contributed by atoms with Gasteiger partial charge in [0.15, 0.2) is 0 Å². The van der Waals surface area contributed by atoms with Gasteiger partial charge in [-0.2, -0.15) is 0 Å². The minimum absolute atomic E-state index is 0.846. The van der Waals surface area contributed by atoms with Crippen LogP contribution in [-0.4, -0.2) is 31.4 Å². The summed E-state index contributed by atoms with van der Waals surface area (Å²) in [5.41, 5.74) is 1.78. The molecule has 0 bridgehead atoms. The predicted octanol–water partition coefficient (Wildman–Crippen LogP) is 5.68. The fraction of sp³-hybridized carbons (Fsp3) is 0. The number of hydrogen-bond donors (Lipinski definition) is 0. The molecule has 0 aromatic heterocycles. The van der Waals surface area contributed by atoms with E-state index >= 15 is 0 Å². The van der Waals surface area contributed by atoms with Crippen LogP contribution in [0.15, 0.2) is 206 Å². The summed E-state index contributed by atoms with van der Waals surface area (Å²) < 4.78 is 30.7. The summed E-state index contributed by atoms with van der Waals surface area (Å²) in [5, 5.41) is 8.32. The van der Waals surface area contributed by atoms with E-state index in [1.165, 1.54) is 0 Å². The van der Waals surface area contributed by atoms with E-state index in [1.54, 1.807) is 0 Å². The third-order valence-corrected chi connectivity index (χ3v) is 16.4. The second-order valence-corrected chi connectivity index (χ2v) is 18.8. The molecule has 4 nitrogen and oxygen atoms in total. The van der Waals surface area contributed by atoms with Crippen LogP contribution in [0.3, 0.4) is 0 Å². The molecule has 1 fully saturated rings. The van der Waals surface area contributed by atoms with Gasteiger partial charge in [0.1, 0.15) is 0 Å². The molecule has 0 aliphatic carbocycles. The Kier molecular flexibility index (Phi) is 8.78. The van der Waals surface area contributed by atoms with Crippen molar-refractivity contribution in [2.75, 3.05) is 0 Å². The highest BCUT2D eigenvalue weighted by Crippen LogP contribution is 2.25. The van der Waals surface area contributed by atoms with Gasteiger partial charge in [0, 0.05) is 0 Å². The zero-order valence-electron chi connectivity index (χ0n) is 28.4. The Hall–Kier alpha value is -5.32. The summed E-state index contributed by atoms with van der Waals surface area (Å²) in [5.74, 6) is 0. The molecule has 1 saturated heterocycles. The molecule has 0 saturated carbocycles. The monoisotopic (exact) mass is 704 g/mol. The van der Waals surface area contributed by atoms with Gasteiger partial charge in [-0.15, -0.1) is 0 Å². The zero-order chi connectivity index (χ0) is 34.8. The Morgan fingerprint density at radius 3 is 0.846 bits per heavy atom. The topological polar surface area (TPSA) is 36.9 Å². The summed E-state index contributed by atoms with van der Waals surface area (Å²) in [6, 6.07) is 70.9. The fourth-order valence-corrected chi connectivity index (χ4v) is 13.7. The van der Waals surface area contributed by atoms with Crippen molar-refractivity contribution in [2.24, 2.45) is 0 Å². The molecule has 8 aromatic carbocycles. The number of hydrogen-bond acceptors (Lipinski definition) is 4. The lowest BCUT2D eigenvalue weighted by Crippen LogP contribution is -2.78. The van der Waals surface area contributed by atoms with E-state index in [0.717, 1.165) is 53.2 Å². The Balaban J connectivity index is 1.33. The Labute approximate surface area is 307 Å². The summed E-state index contributed by atoms with van der Waals surface area (Å²) in [6.07, 6.45) is 0. The van der Waals surface area contributed by atoms with E-state index in [2.05, 4.69) is 133 Å². The fourth-order valence-electron chi connectivity index (χ4n) is 7.20. The van der Waals surface area contributed by atoms with Crippen LogP contribution in [0.25, 0.3) is 21.5 Å². The largest absolute Gasteiger partial charge is 0.476 e. The van der Waals surface area contributed by atoms with Crippen LogP contribution >= 0.6 is 0 Å². The van der Waals surface area contributed by atoms with Gasteiger partial charge in [-0.3, -0.25) is 0 Å². The van der Waals surface area contributed by atoms with Crippen LogP contribution in [0, 0.1) is 0 Å². The molecular weight excluding hydrogens is 670 g/mol. The van der Waals surface area contributed by atoms with Gasteiger partial charge in [0.2, 0.25) is 0 Å². The van der Waals surface area contributed by atoms with Crippen molar-refractivity contribution in [3.63, 3.8) is 0 Å². The standard InChI is InChI=1S/C44H34B2O4Si2/c1-5-21-41(22-6-1)51(42-23-7-2-8-24-42)47-45(39-31-29-35-17-13-15-19-37(35)33-39)49-52(43-25-9-3-10-26-43,44-27-11-4-12-28-44)50-46(48-51)40-32-30-36-18-14-16-20-38(36)34-40/h1-34H. The van der Waals surface area contributed by atoms with Gasteiger partial charge >= 0.3 is 31.4 Å². The van der Waals surface area contributed by atoms with E-state index < -0.39 is 31.4 Å². The molecule has 1 heterocycles. The molecule has 0 atom stereocenters. The first-order valence-electron chi connectivity index (χ1n) is 17.6. The maximum atomic E-state index is 7.67. The third-order valence-electron chi connectivity index (χ3n) is 9.80. The Morgan fingerprint density at radius 2 is 0.538 bits per heavy atom. The highest BCUT2D eigenvalue weighted by Gasteiger charge is 2.58. The van der Waals surface area contributed by atoms with Gasteiger partial charge < -0.3 is 17.4 Å². The number of fused-ring (bicyclic) bond motifs is 2. The van der Waals surface area contributed by atoms with Crippen molar-refractivity contribution in [2.45, 2.75) is 0 Å². The molecule has 1 aliphatic heterocycles. The van der Waals surface area contributed by atoms with Crippen LogP contribution in [-0.2, 0) is 17.4 Å². The van der Waals surface area contributed by atoms with Crippen molar-refractivity contribution >= 4 is 84.6 Å². The molecule has 248 valence electrons. The Morgan fingerprint density at radius 1 is 0.269 bits per heavy atom. The number of rotatable bonds is 6. The van der Waals surface area contributed by atoms with Crippen molar-refractivity contribution in [1.29, 1.82) is 0 Å². The second kappa shape index (κ2) is 14.0. The van der Waals surface area contributed by atoms with E-state index in [0.29, 0.717) is 0 Å². The van der Waals surface area contributed by atoms with Crippen molar-refractivity contribution in [3.05, 3.63) is 206 Å². The average molecular weight is 705 g/mol. The van der Waals surface area contributed by atoms with Gasteiger partial charge in [0.05, 0.1) is 0 Å². The molecule has 0 spiro atoms. The lowest BCUT2D eigenvalue weighted by Gasteiger charge is -2.44. The highest BCUT2D eigenvalue weighted by molar-refractivity contribution is 7.06. The van der Waals surface area contributed by atoms with Crippen molar-refractivity contribution < 1.29 is 17.4 Å². The first-order chi connectivity index (χ1) is 25.7. The minimum Gasteiger partial charge on any atom is -0.423 e. The molecular formula is C44H34B2O4Si2. The van der Waals surface area contributed by atoms with Crippen LogP contribution in [0.2, 0.25) is 0 Å². The minimum atomic E-state index is -3.64. The van der Waals surface area contributed by atoms with E-state index in [-0.39, 0.29) is 0 Å². The number of benzene rings is 8. The Bertz CT molecular complexity index is 2190. The highest BCUT2D eigenvalue weighted by atomic mass is 28.4. The van der Waals surface area contributed by atoms with Gasteiger partial charge in [-0.1, -0.05) is 206 Å². The quantitative estimate of drug-likeness (QED) is 0.209. The molecule has 0 N–H and O–H groups in total. The third kappa shape index (κ3) is 6.05.